The van der Waals surface area contributed by atoms with Crippen molar-refractivity contribution in [3.05, 3.63) is 63.7 Å². The first-order valence-corrected chi connectivity index (χ1v) is 8.28. The van der Waals surface area contributed by atoms with Gasteiger partial charge >= 0.3 is 5.69 Å². The lowest BCUT2D eigenvalue weighted by Gasteiger charge is -2.25. The summed E-state index contributed by atoms with van der Waals surface area (Å²) in [6, 6.07) is 13.1. The molecule has 0 fully saturated rings. The third-order valence-electron chi connectivity index (χ3n) is 4.21. The fourth-order valence-corrected chi connectivity index (χ4v) is 2.79. The summed E-state index contributed by atoms with van der Waals surface area (Å²) in [6.45, 7) is 1.22. The highest BCUT2D eigenvalue weighted by atomic mass is 16.6. The van der Waals surface area contributed by atoms with Gasteiger partial charge < -0.3 is 19.7 Å². The Morgan fingerprint density at radius 3 is 2.54 bits per heavy atom. The van der Waals surface area contributed by atoms with E-state index in [1.54, 1.807) is 19.2 Å². The highest BCUT2D eigenvalue weighted by molar-refractivity contribution is 5.48. The zero-order valence-electron chi connectivity index (χ0n) is 15.6. The molecule has 7 nitrogen and oxygen atoms in total. The van der Waals surface area contributed by atoms with Crippen LogP contribution in [0, 0.1) is 10.1 Å². The smallest absolute Gasteiger partial charge is 0.311 e. The molecule has 26 heavy (non-hydrogen) atoms. The van der Waals surface area contributed by atoms with Gasteiger partial charge in [-0.1, -0.05) is 18.2 Å². The molecule has 1 unspecified atom stereocenters. The topological polar surface area (TPSA) is 76.9 Å². The van der Waals surface area contributed by atoms with Gasteiger partial charge in [-0.3, -0.25) is 10.1 Å². The largest absolute Gasteiger partial charge is 0.497 e. The van der Waals surface area contributed by atoms with E-state index in [1.807, 2.05) is 38.4 Å². The molecule has 1 N–H and O–H groups in total. The molecule has 0 bridgehead atoms. The molecule has 0 heterocycles. The summed E-state index contributed by atoms with van der Waals surface area (Å²) in [5, 5.41) is 14.5. The maximum Gasteiger partial charge on any atom is 0.311 e. The van der Waals surface area contributed by atoms with Crippen molar-refractivity contribution in [2.45, 2.75) is 12.6 Å². The molecule has 0 amide bonds. The third-order valence-corrected chi connectivity index (χ3v) is 4.21. The summed E-state index contributed by atoms with van der Waals surface area (Å²) >= 11 is 0. The van der Waals surface area contributed by atoms with Crippen LogP contribution in [0.2, 0.25) is 0 Å². The second kappa shape index (κ2) is 9.17. The number of nitrogens with one attached hydrogen (secondary N) is 1. The minimum absolute atomic E-state index is 0.0243. The molecular formula is C19H25N3O4. The van der Waals surface area contributed by atoms with Gasteiger partial charge in [-0.15, -0.1) is 0 Å². The number of benzene rings is 2. The van der Waals surface area contributed by atoms with Crippen molar-refractivity contribution >= 4 is 5.69 Å². The summed E-state index contributed by atoms with van der Waals surface area (Å²) in [5.74, 6) is 1.08. The first-order chi connectivity index (χ1) is 12.5. The second-order valence-electron chi connectivity index (χ2n) is 6.15. The molecular weight excluding hydrogens is 334 g/mol. The Labute approximate surface area is 153 Å². The van der Waals surface area contributed by atoms with Crippen LogP contribution in [0.4, 0.5) is 5.69 Å². The molecule has 0 saturated carbocycles. The standard InChI is InChI=1S/C19H25N3O4/c1-21(2)18(15-6-5-7-16(11-15)25-3)13-20-12-14-8-9-19(26-4)17(10-14)22(23)24/h5-11,18,20H,12-13H2,1-4H3. The summed E-state index contributed by atoms with van der Waals surface area (Å²) in [4.78, 5) is 12.8. The fourth-order valence-electron chi connectivity index (χ4n) is 2.79. The highest BCUT2D eigenvalue weighted by Crippen LogP contribution is 2.27. The van der Waals surface area contributed by atoms with Gasteiger partial charge in [0.25, 0.3) is 0 Å². The van der Waals surface area contributed by atoms with E-state index in [9.17, 15) is 10.1 Å². The molecule has 2 aromatic rings. The van der Waals surface area contributed by atoms with Crippen molar-refractivity contribution < 1.29 is 14.4 Å². The zero-order chi connectivity index (χ0) is 19.1. The molecule has 1 atom stereocenters. The van der Waals surface area contributed by atoms with Gasteiger partial charge in [-0.05, 0) is 43.4 Å². The first-order valence-electron chi connectivity index (χ1n) is 8.28. The summed E-state index contributed by atoms with van der Waals surface area (Å²) < 4.78 is 10.3. The van der Waals surface area contributed by atoms with Gasteiger partial charge in [0, 0.05) is 25.2 Å². The molecule has 0 aromatic heterocycles. The Balaban J connectivity index is 2.06. The average molecular weight is 359 g/mol. The number of hydrogen-bond donors (Lipinski definition) is 1. The lowest BCUT2D eigenvalue weighted by Crippen LogP contribution is -2.30. The van der Waals surface area contributed by atoms with Crippen molar-refractivity contribution in [3.63, 3.8) is 0 Å². The molecule has 0 saturated heterocycles. The minimum Gasteiger partial charge on any atom is -0.497 e. The predicted molar refractivity (Wildman–Crippen MR) is 101 cm³/mol. The lowest BCUT2D eigenvalue weighted by atomic mass is 10.1. The molecule has 2 rings (SSSR count). The number of likely N-dealkylation sites (N-methyl/N-ethyl adjacent to an activating group) is 1. The van der Waals surface area contributed by atoms with E-state index < -0.39 is 4.92 Å². The SMILES string of the molecule is COc1cccc(C(CNCc2ccc(OC)c([N+](=O)[O-])c2)N(C)C)c1. The normalized spacial score (nSPS) is 12.0. The quantitative estimate of drug-likeness (QED) is 0.548. The molecule has 0 aliphatic heterocycles. The van der Waals surface area contributed by atoms with E-state index in [2.05, 4.69) is 16.3 Å². The van der Waals surface area contributed by atoms with Gasteiger partial charge in [0.05, 0.1) is 19.1 Å². The lowest BCUT2D eigenvalue weighted by molar-refractivity contribution is -0.385. The Kier molecular flexibility index (Phi) is 6.94. The van der Waals surface area contributed by atoms with Crippen LogP contribution in [0.1, 0.15) is 17.2 Å². The van der Waals surface area contributed by atoms with Gasteiger partial charge in [0.15, 0.2) is 5.75 Å². The van der Waals surface area contributed by atoms with Crippen LogP contribution in [0.15, 0.2) is 42.5 Å². The number of methoxy groups -OCH3 is 2. The number of rotatable bonds is 9. The fraction of sp³-hybridized carbons (Fsp3) is 0.368. The average Bonchev–Trinajstić information content (AvgIpc) is 2.64. The summed E-state index contributed by atoms with van der Waals surface area (Å²) in [7, 11) is 7.11. The van der Waals surface area contributed by atoms with Crippen LogP contribution in [0.5, 0.6) is 11.5 Å². The molecule has 140 valence electrons. The number of ether oxygens (including phenoxy) is 2. The number of hydrogen-bond acceptors (Lipinski definition) is 6. The molecule has 0 spiro atoms. The molecule has 0 aliphatic rings. The highest BCUT2D eigenvalue weighted by Gasteiger charge is 2.17. The number of nitro groups is 1. The van der Waals surface area contributed by atoms with Crippen molar-refractivity contribution in [2.24, 2.45) is 0 Å². The van der Waals surface area contributed by atoms with E-state index in [-0.39, 0.29) is 17.5 Å². The van der Waals surface area contributed by atoms with Crippen LogP contribution in [-0.4, -0.2) is 44.7 Å². The maximum absolute atomic E-state index is 11.1. The number of nitro benzene ring substituents is 1. The molecule has 0 radical (unpaired) electrons. The maximum atomic E-state index is 11.1. The predicted octanol–water partition coefficient (Wildman–Crippen LogP) is 3.00. The first kappa shape index (κ1) is 19.7. The van der Waals surface area contributed by atoms with Crippen molar-refractivity contribution in [3.8, 4) is 11.5 Å². The Hall–Kier alpha value is -2.64. The zero-order valence-corrected chi connectivity index (χ0v) is 15.6. The minimum atomic E-state index is -0.429. The van der Waals surface area contributed by atoms with Crippen LogP contribution < -0.4 is 14.8 Å². The molecule has 2 aromatic carbocycles. The molecule has 7 heteroatoms. The Morgan fingerprint density at radius 1 is 1.15 bits per heavy atom. The van der Waals surface area contributed by atoms with Gasteiger partial charge in [0.2, 0.25) is 0 Å². The van der Waals surface area contributed by atoms with E-state index >= 15 is 0 Å². The van der Waals surface area contributed by atoms with E-state index in [1.165, 1.54) is 7.11 Å². The third kappa shape index (κ3) is 4.93. The van der Waals surface area contributed by atoms with Gasteiger partial charge in [-0.2, -0.15) is 0 Å². The van der Waals surface area contributed by atoms with E-state index in [0.29, 0.717) is 13.1 Å². The van der Waals surface area contributed by atoms with E-state index in [4.69, 9.17) is 9.47 Å². The monoisotopic (exact) mass is 359 g/mol. The summed E-state index contributed by atoms with van der Waals surface area (Å²) in [6.07, 6.45) is 0. The van der Waals surface area contributed by atoms with Crippen LogP contribution >= 0.6 is 0 Å². The Morgan fingerprint density at radius 2 is 1.92 bits per heavy atom. The van der Waals surface area contributed by atoms with Crippen LogP contribution in [-0.2, 0) is 6.54 Å². The van der Waals surface area contributed by atoms with Gasteiger partial charge in [-0.25, -0.2) is 0 Å². The number of nitrogens with zero attached hydrogens (tertiary/aromatic N) is 2. The van der Waals surface area contributed by atoms with E-state index in [0.717, 1.165) is 16.9 Å². The van der Waals surface area contributed by atoms with Crippen LogP contribution in [0.25, 0.3) is 0 Å². The summed E-state index contributed by atoms with van der Waals surface area (Å²) in [5.41, 5.74) is 1.95. The van der Waals surface area contributed by atoms with Crippen molar-refractivity contribution in [2.75, 3.05) is 34.9 Å². The molecule has 0 aliphatic carbocycles. The van der Waals surface area contributed by atoms with Crippen molar-refractivity contribution in [1.82, 2.24) is 10.2 Å². The Bertz CT molecular complexity index is 749. The van der Waals surface area contributed by atoms with Gasteiger partial charge in [0.1, 0.15) is 5.75 Å². The second-order valence-corrected chi connectivity index (χ2v) is 6.15. The van der Waals surface area contributed by atoms with Crippen molar-refractivity contribution in [1.29, 1.82) is 0 Å². The van der Waals surface area contributed by atoms with Crippen LogP contribution in [0.3, 0.4) is 0 Å².